The van der Waals surface area contributed by atoms with E-state index in [0.29, 0.717) is 12.8 Å². The van der Waals surface area contributed by atoms with E-state index in [-0.39, 0.29) is 19.6 Å². The molecular weight excluding hydrogens is 188 g/mol. The molecule has 0 aliphatic carbocycles. The summed E-state index contributed by atoms with van der Waals surface area (Å²) in [7, 11) is 0. The summed E-state index contributed by atoms with van der Waals surface area (Å²) in [6.45, 7) is 1.46. The Morgan fingerprint density at radius 1 is 1.14 bits per heavy atom. The largest absolute Gasteiger partial charge is 0.428 e. The minimum atomic E-state index is -0.572. The predicted molar refractivity (Wildman–Crippen MR) is 46.9 cm³/mol. The molecule has 0 aliphatic heterocycles. The predicted octanol–water partition coefficient (Wildman–Crippen LogP) is 0.720. The van der Waals surface area contributed by atoms with Gasteiger partial charge in [0, 0.05) is 12.8 Å². The van der Waals surface area contributed by atoms with E-state index in [2.05, 4.69) is 9.47 Å². The Kier molecular flexibility index (Phi) is 7.40. The second kappa shape index (κ2) is 8.22. The summed E-state index contributed by atoms with van der Waals surface area (Å²) in [5, 5.41) is 0. The van der Waals surface area contributed by atoms with Crippen molar-refractivity contribution in [1.82, 2.24) is 0 Å². The lowest BCUT2D eigenvalue weighted by atomic mass is 10.3. The van der Waals surface area contributed by atoms with E-state index in [4.69, 9.17) is 0 Å². The monoisotopic (exact) mass is 201 g/mol. The highest BCUT2D eigenvalue weighted by atomic mass is 16.7. The molecule has 0 fully saturated rings. The molecule has 0 N–H and O–H groups in total. The van der Waals surface area contributed by atoms with E-state index in [0.717, 1.165) is 0 Å². The van der Waals surface area contributed by atoms with Gasteiger partial charge in [0.15, 0.2) is 6.29 Å². The molecule has 0 atom stereocenters. The molecule has 0 aromatic carbocycles. The Morgan fingerprint density at radius 3 is 2.21 bits per heavy atom. The van der Waals surface area contributed by atoms with Crippen LogP contribution in [0.2, 0.25) is 0 Å². The van der Waals surface area contributed by atoms with Gasteiger partial charge in [-0.1, -0.05) is 6.92 Å². The SMILES string of the molecule is CCCC(=O)OCOC(=O)CC[C]=O. The number of hydrogen-bond acceptors (Lipinski definition) is 5. The second-order valence-electron chi connectivity index (χ2n) is 2.54. The van der Waals surface area contributed by atoms with E-state index >= 15 is 0 Å². The summed E-state index contributed by atoms with van der Waals surface area (Å²) < 4.78 is 9.05. The van der Waals surface area contributed by atoms with E-state index in [1.165, 1.54) is 0 Å². The van der Waals surface area contributed by atoms with Gasteiger partial charge in [0.1, 0.15) is 0 Å². The Balaban J connectivity index is 3.39. The van der Waals surface area contributed by atoms with Gasteiger partial charge in [-0.3, -0.25) is 14.4 Å². The molecule has 0 saturated carbocycles. The fourth-order valence-electron chi connectivity index (χ4n) is 0.662. The molecule has 14 heavy (non-hydrogen) atoms. The van der Waals surface area contributed by atoms with Gasteiger partial charge in [0.25, 0.3) is 0 Å². The van der Waals surface area contributed by atoms with Crippen molar-refractivity contribution >= 4 is 18.2 Å². The lowest BCUT2D eigenvalue weighted by Gasteiger charge is -2.04. The van der Waals surface area contributed by atoms with Crippen molar-refractivity contribution in [2.24, 2.45) is 0 Å². The van der Waals surface area contributed by atoms with Gasteiger partial charge in [-0.15, -0.1) is 0 Å². The highest BCUT2D eigenvalue weighted by Crippen LogP contribution is 1.94. The van der Waals surface area contributed by atoms with Crippen LogP contribution >= 0.6 is 0 Å². The van der Waals surface area contributed by atoms with Crippen molar-refractivity contribution in [1.29, 1.82) is 0 Å². The van der Waals surface area contributed by atoms with Gasteiger partial charge in [0.2, 0.25) is 6.79 Å². The lowest BCUT2D eigenvalue weighted by Crippen LogP contribution is -2.12. The number of hydrogen-bond donors (Lipinski definition) is 0. The maximum Gasteiger partial charge on any atom is 0.309 e. The van der Waals surface area contributed by atoms with Gasteiger partial charge in [-0.05, 0) is 6.42 Å². The van der Waals surface area contributed by atoms with Crippen LogP contribution in [0.3, 0.4) is 0 Å². The van der Waals surface area contributed by atoms with Crippen molar-refractivity contribution in [3.8, 4) is 0 Å². The molecule has 5 nitrogen and oxygen atoms in total. The van der Waals surface area contributed by atoms with E-state index in [1.54, 1.807) is 6.29 Å². The Bertz CT molecular complexity index is 199. The van der Waals surface area contributed by atoms with Crippen LogP contribution in [0.1, 0.15) is 32.6 Å². The molecule has 0 unspecified atom stereocenters. The first-order valence-electron chi connectivity index (χ1n) is 4.37. The van der Waals surface area contributed by atoms with Gasteiger partial charge >= 0.3 is 11.9 Å². The third-order valence-corrected chi connectivity index (χ3v) is 1.33. The molecule has 5 heteroatoms. The Labute approximate surface area is 82.4 Å². The molecule has 0 aromatic rings. The molecule has 1 radical (unpaired) electrons. The van der Waals surface area contributed by atoms with Crippen LogP contribution in [0.4, 0.5) is 0 Å². The summed E-state index contributed by atoms with van der Waals surface area (Å²) in [6.07, 6.45) is 2.52. The lowest BCUT2D eigenvalue weighted by molar-refractivity contribution is -0.167. The van der Waals surface area contributed by atoms with Crippen LogP contribution < -0.4 is 0 Å². The van der Waals surface area contributed by atoms with Crippen LogP contribution in [-0.4, -0.2) is 25.0 Å². The summed E-state index contributed by atoms with van der Waals surface area (Å²) >= 11 is 0. The maximum atomic E-state index is 10.8. The van der Waals surface area contributed by atoms with Crippen molar-refractivity contribution in [3.63, 3.8) is 0 Å². The zero-order valence-corrected chi connectivity index (χ0v) is 8.08. The fraction of sp³-hybridized carbons (Fsp3) is 0.667. The quantitative estimate of drug-likeness (QED) is 0.448. The summed E-state index contributed by atoms with van der Waals surface area (Å²) in [5.74, 6) is -0.972. The molecule has 0 bridgehead atoms. The molecule has 0 aromatic heterocycles. The zero-order valence-electron chi connectivity index (χ0n) is 8.08. The first kappa shape index (κ1) is 12.6. The molecule has 0 aliphatic rings. The number of esters is 2. The van der Waals surface area contributed by atoms with Crippen LogP contribution in [0.15, 0.2) is 0 Å². The molecule has 0 saturated heterocycles. The van der Waals surface area contributed by atoms with Crippen LogP contribution in [0.5, 0.6) is 0 Å². The Hall–Kier alpha value is -1.39. The zero-order chi connectivity index (χ0) is 10.8. The summed E-state index contributed by atoms with van der Waals surface area (Å²) in [6, 6.07) is 0. The molecule has 79 valence electrons. The Morgan fingerprint density at radius 2 is 1.71 bits per heavy atom. The summed E-state index contributed by atoms with van der Waals surface area (Å²) in [4.78, 5) is 31.3. The smallest absolute Gasteiger partial charge is 0.309 e. The van der Waals surface area contributed by atoms with Crippen molar-refractivity contribution < 1.29 is 23.9 Å². The standard InChI is InChI=1S/C9H13O5/c1-2-4-8(11)13-7-14-9(12)5-3-6-10/h2-5,7H2,1H3. The van der Waals surface area contributed by atoms with Gasteiger partial charge in [-0.25, -0.2) is 0 Å². The number of carbonyl (C=O) groups excluding carboxylic acids is 3. The highest BCUT2D eigenvalue weighted by Gasteiger charge is 2.04. The van der Waals surface area contributed by atoms with Crippen LogP contribution in [0.25, 0.3) is 0 Å². The fourth-order valence-corrected chi connectivity index (χ4v) is 0.662. The van der Waals surface area contributed by atoms with Crippen molar-refractivity contribution in [3.05, 3.63) is 0 Å². The second-order valence-corrected chi connectivity index (χ2v) is 2.54. The normalized spacial score (nSPS) is 9.21. The minimum Gasteiger partial charge on any atom is -0.428 e. The molecule has 0 spiro atoms. The summed E-state index contributed by atoms with van der Waals surface area (Å²) in [5.41, 5.74) is 0. The number of ether oxygens (including phenoxy) is 2. The van der Waals surface area contributed by atoms with Crippen LogP contribution in [-0.2, 0) is 23.9 Å². The average Bonchev–Trinajstić information content (AvgIpc) is 2.15. The number of rotatable bonds is 7. The average molecular weight is 201 g/mol. The molecular formula is C9H13O5. The van der Waals surface area contributed by atoms with Crippen molar-refractivity contribution in [2.45, 2.75) is 32.6 Å². The van der Waals surface area contributed by atoms with Crippen molar-refractivity contribution in [2.75, 3.05) is 6.79 Å². The first-order valence-corrected chi connectivity index (χ1v) is 4.37. The molecule has 0 heterocycles. The molecule has 0 rings (SSSR count). The van der Waals surface area contributed by atoms with E-state index in [1.807, 2.05) is 6.92 Å². The van der Waals surface area contributed by atoms with Gasteiger partial charge in [0.05, 0.1) is 6.42 Å². The van der Waals surface area contributed by atoms with Crippen LogP contribution in [0, 0.1) is 0 Å². The third-order valence-electron chi connectivity index (χ3n) is 1.33. The third kappa shape index (κ3) is 7.27. The van der Waals surface area contributed by atoms with E-state index in [9.17, 15) is 14.4 Å². The van der Waals surface area contributed by atoms with E-state index < -0.39 is 11.9 Å². The number of carbonyl (C=O) groups is 2. The maximum absolute atomic E-state index is 10.8. The topological polar surface area (TPSA) is 69.7 Å². The highest BCUT2D eigenvalue weighted by molar-refractivity contribution is 5.73. The van der Waals surface area contributed by atoms with Gasteiger partial charge < -0.3 is 9.47 Å². The first-order chi connectivity index (χ1) is 6.70. The molecule has 0 amide bonds. The van der Waals surface area contributed by atoms with Gasteiger partial charge in [-0.2, -0.15) is 0 Å². The minimum absolute atomic E-state index is 0.00173.